The largest absolute Gasteiger partial charge is 0.382 e. The van der Waals surface area contributed by atoms with Crippen molar-refractivity contribution >= 4 is 10.0 Å². The summed E-state index contributed by atoms with van der Waals surface area (Å²) in [4.78, 5) is 5.04. The molecule has 1 N–H and O–H groups in total. The molecule has 8 heteroatoms. The minimum atomic E-state index is -4.38. The van der Waals surface area contributed by atoms with Gasteiger partial charge in [-0.2, -0.15) is 0 Å². The van der Waals surface area contributed by atoms with Gasteiger partial charge in [0.2, 0.25) is 0 Å². The lowest BCUT2D eigenvalue weighted by Crippen LogP contribution is -2.27. The summed E-state index contributed by atoms with van der Waals surface area (Å²) in [5, 5.41) is 0. The molecule has 0 radical (unpaired) electrons. The summed E-state index contributed by atoms with van der Waals surface area (Å²) in [6.45, 7) is 0.0636. The summed E-state index contributed by atoms with van der Waals surface area (Å²) in [5.41, 5.74) is 0. The standard InChI is InChI=1S/C9H11F2NO4S/c1-15-5-6-16-12-17(13,14)9-7(10)3-2-4-8(9)11/h2-4,12H,5-6H2,1H3. The van der Waals surface area contributed by atoms with Gasteiger partial charge in [-0.15, -0.1) is 0 Å². The van der Waals surface area contributed by atoms with Crippen LogP contribution in [0.5, 0.6) is 0 Å². The quantitative estimate of drug-likeness (QED) is 0.612. The minimum absolute atomic E-state index is 0.0776. The number of ether oxygens (including phenoxy) is 1. The number of sulfonamides is 1. The average Bonchev–Trinajstić information content (AvgIpc) is 2.24. The van der Waals surface area contributed by atoms with Gasteiger partial charge in [0, 0.05) is 7.11 Å². The van der Waals surface area contributed by atoms with Crippen LogP contribution >= 0.6 is 0 Å². The Hall–Kier alpha value is -1.09. The molecule has 0 amide bonds. The normalized spacial score (nSPS) is 11.7. The molecule has 0 aliphatic carbocycles. The maximum atomic E-state index is 13.2. The van der Waals surface area contributed by atoms with E-state index in [0.29, 0.717) is 0 Å². The van der Waals surface area contributed by atoms with Gasteiger partial charge in [-0.25, -0.2) is 17.2 Å². The van der Waals surface area contributed by atoms with Gasteiger partial charge in [0.05, 0.1) is 13.2 Å². The van der Waals surface area contributed by atoms with E-state index in [1.54, 1.807) is 4.89 Å². The third-order valence-corrected chi connectivity index (χ3v) is 3.01. The zero-order valence-corrected chi connectivity index (χ0v) is 9.76. The second-order valence-electron chi connectivity index (χ2n) is 2.98. The van der Waals surface area contributed by atoms with E-state index in [1.165, 1.54) is 7.11 Å². The highest BCUT2D eigenvalue weighted by molar-refractivity contribution is 7.89. The molecule has 0 fully saturated rings. The minimum Gasteiger partial charge on any atom is -0.382 e. The Kier molecular flexibility index (Phi) is 4.94. The molecule has 1 aromatic rings. The Labute approximate surface area is 97.3 Å². The van der Waals surface area contributed by atoms with Crippen molar-refractivity contribution in [3.8, 4) is 0 Å². The van der Waals surface area contributed by atoms with Crippen LogP contribution in [-0.2, 0) is 19.6 Å². The first-order valence-electron chi connectivity index (χ1n) is 4.55. The first kappa shape index (κ1) is 14.0. The molecule has 0 bridgehead atoms. The van der Waals surface area contributed by atoms with Crippen molar-refractivity contribution in [3.05, 3.63) is 29.8 Å². The second-order valence-corrected chi connectivity index (χ2v) is 4.56. The summed E-state index contributed by atoms with van der Waals surface area (Å²) in [7, 11) is -2.98. The van der Waals surface area contributed by atoms with Crippen LogP contribution in [0.15, 0.2) is 23.1 Å². The van der Waals surface area contributed by atoms with Crippen molar-refractivity contribution in [2.45, 2.75) is 4.90 Å². The monoisotopic (exact) mass is 267 g/mol. The number of nitrogens with one attached hydrogen (secondary N) is 1. The third-order valence-electron chi connectivity index (χ3n) is 1.75. The zero-order chi connectivity index (χ0) is 12.9. The predicted molar refractivity (Wildman–Crippen MR) is 54.5 cm³/mol. The number of benzene rings is 1. The van der Waals surface area contributed by atoms with E-state index in [0.717, 1.165) is 18.2 Å². The van der Waals surface area contributed by atoms with Crippen LogP contribution in [0.1, 0.15) is 0 Å². The van der Waals surface area contributed by atoms with Gasteiger partial charge in [-0.1, -0.05) is 11.0 Å². The molecule has 1 aromatic carbocycles. The molecule has 0 spiro atoms. The number of methoxy groups -OCH3 is 1. The van der Waals surface area contributed by atoms with Gasteiger partial charge in [0.1, 0.15) is 11.6 Å². The van der Waals surface area contributed by atoms with Crippen LogP contribution in [0, 0.1) is 11.6 Å². The summed E-state index contributed by atoms with van der Waals surface area (Å²) < 4.78 is 53.9. The van der Waals surface area contributed by atoms with Crippen LogP contribution in [0.2, 0.25) is 0 Å². The van der Waals surface area contributed by atoms with Crippen LogP contribution in [0.4, 0.5) is 8.78 Å². The van der Waals surface area contributed by atoms with Gasteiger partial charge < -0.3 is 4.74 Å². The molecule has 0 aliphatic heterocycles. The fourth-order valence-corrected chi connectivity index (χ4v) is 2.00. The van der Waals surface area contributed by atoms with Gasteiger partial charge in [0.25, 0.3) is 10.0 Å². The smallest absolute Gasteiger partial charge is 0.268 e. The molecular weight excluding hydrogens is 256 g/mol. The molecule has 0 unspecified atom stereocenters. The van der Waals surface area contributed by atoms with E-state index in [9.17, 15) is 17.2 Å². The summed E-state index contributed by atoms with van der Waals surface area (Å²) in [6, 6.07) is 2.75. The maximum Gasteiger partial charge on any atom is 0.268 e. The molecular formula is C9H11F2NO4S. The Morgan fingerprint density at radius 1 is 1.24 bits per heavy atom. The first-order valence-corrected chi connectivity index (χ1v) is 6.04. The highest BCUT2D eigenvalue weighted by atomic mass is 32.2. The molecule has 0 atom stereocenters. The van der Waals surface area contributed by atoms with Crippen molar-refractivity contribution in [3.63, 3.8) is 0 Å². The van der Waals surface area contributed by atoms with Crippen LogP contribution in [-0.4, -0.2) is 28.7 Å². The van der Waals surface area contributed by atoms with E-state index >= 15 is 0 Å². The number of hydrogen-bond acceptors (Lipinski definition) is 4. The lowest BCUT2D eigenvalue weighted by Gasteiger charge is -2.08. The van der Waals surface area contributed by atoms with Gasteiger partial charge in [-0.05, 0) is 12.1 Å². The molecule has 0 saturated heterocycles. The number of halogens is 2. The lowest BCUT2D eigenvalue weighted by atomic mass is 10.3. The highest BCUT2D eigenvalue weighted by Gasteiger charge is 2.23. The second kappa shape index (κ2) is 6.01. The first-order chi connectivity index (χ1) is 7.99. The van der Waals surface area contributed by atoms with Crippen LogP contribution in [0.3, 0.4) is 0 Å². The Morgan fingerprint density at radius 2 is 1.82 bits per heavy atom. The molecule has 0 heterocycles. The summed E-state index contributed by atoms with van der Waals surface area (Å²) in [5.74, 6) is -2.37. The fourth-order valence-electron chi connectivity index (χ4n) is 1.03. The summed E-state index contributed by atoms with van der Waals surface area (Å²) in [6.07, 6.45) is 0. The molecule has 0 saturated carbocycles. The maximum absolute atomic E-state index is 13.2. The van der Waals surface area contributed by atoms with Crippen LogP contribution < -0.4 is 4.89 Å². The van der Waals surface area contributed by atoms with E-state index in [-0.39, 0.29) is 13.2 Å². The highest BCUT2D eigenvalue weighted by Crippen LogP contribution is 2.17. The Bertz CT molecular complexity index is 458. The molecule has 17 heavy (non-hydrogen) atoms. The molecule has 0 aliphatic rings. The van der Waals surface area contributed by atoms with E-state index in [4.69, 9.17) is 0 Å². The Morgan fingerprint density at radius 3 is 2.35 bits per heavy atom. The lowest BCUT2D eigenvalue weighted by molar-refractivity contribution is 0.0436. The van der Waals surface area contributed by atoms with E-state index in [2.05, 4.69) is 9.57 Å². The van der Waals surface area contributed by atoms with Gasteiger partial charge in [-0.3, -0.25) is 4.84 Å². The fraction of sp³-hybridized carbons (Fsp3) is 0.333. The number of rotatable bonds is 6. The summed E-state index contributed by atoms with van der Waals surface area (Å²) >= 11 is 0. The SMILES string of the molecule is COCCONS(=O)(=O)c1c(F)cccc1F. The van der Waals surface area contributed by atoms with Crippen molar-refractivity contribution < 1.29 is 26.8 Å². The van der Waals surface area contributed by atoms with Crippen molar-refractivity contribution in [2.24, 2.45) is 0 Å². The van der Waals surface area contributed by atoms with Gasteiger partial charge in [0.15, 0.2) is 4.90 Å². The van der Waals surface area contributed by atoms with Crippen molar-refractivity contribution in [1.29, 1.82) is 0 Å². The van der Waals surface area contributed by atoms with Crippen molar-refractivity contribution in [1.82, 2.24) is 4.89 Å². The van der Waals surface area contributed by atoms with Gasteiger partial charge >= 0.3 is 0 Å². The zero-order valence-electron chi connectivity index (χ0n) is 8.94. The van der Waals surface area contributed by atoms with Crippen molar-refractivity contribution in [2.75, 3.05) is 20.3 Å². The predicted octanol–water partition coefficient (Wildman–Crippen LogP) is 0.821. The molecule has 5 nitrogen and oxygen atoms in total. The topological polar surface area (TPSA) is 64.6 Å². The molecule has 96 valence electrons. The Balaban J connectivity index is 2.83. The van der Waals surface area contributed by atoms with E-state index in [1.807, 2.05) is 0 Å². The number of hydrogen-bond donors (Lipinski definition) is 1. The third kappa shape index (κ3) is 3.70. The van der Waals surface area contributed by atoms with E-state index < -0.39 is 26.6 Å². The van der Waals surface area contributed by atoms with Crippen LogP contribution in [0.25, 0.3) is 0 Å². The molecule has 1 rings (SSSR count). The molecule has 0 aromatic heterocycles. The average molecular weight is 267 g/mol.